The molecular weight excluding hydrogens is 494 g/mol. The maximum Gasteiger partial charge on any atom is 0.295 e. The van der Waals surface area contributed by atoms with E-state index in [9.17, 15) is 14.9 Å². The van der Waals surface area contributed by atoms with Crippen molar-refractivity contribution in [2.24, 2.45) is 5.73 Å². The number of amides is 1. The molecule has 0 bridgehead atoms. The summed E-state index contributed by atoms with van der Waals surface area (Å²) >= 11 is 0. The Morgan fingerprint density at radius 1 is 1.18 bits per heavy atom. The topological polar surface area (TPSA) is 117 Å². The van der Waals surface area contributed by atoms with E-state index in [1.54, 1.807) is 13.2 Å². The van der Waals surface area contributed by atoms with Gasteiger partial charge in [0.15, 0.2) is 0 Å². The number of methoxy groups -OCH3 is 1. The molecule has 204 valence electrons. The summed E-state index contributed by atoms with van der Waals surface area (Å²) in [5, 5.41) is 14.1. The number of aryl methyl sites for hydroxylation is 1. The molecule has 1 aliphatic rings. The zero-order valence-electron chi connectivity index (χ0n) is 22.3. The number of aromatic nitrogens is 2. The van der Waals surface area contributed by atoms with Crippen molar-refractivity contribution >= 4 is 33.4 Å². The molecule has 0 spiro atoms. The van der Waals surface area contributed by atoms with E-state index in [4.69, 9.17) is 15.5 Å². The molecule has 3 aromatic carbocycles. The van der Waals surface area contributed by atoms with E-state index in [2.05, 4.69) is 30.3 Å². The molecule has 2 atom stereocenters. The molecular formula is C30H35N5O4. The Kier molecular flexibility index (Phi) is 8.18. The highest BCUT2D eigenvalue weighted by atomic mass is 16.6. The van der Waals surface area contributed by atoms with Gasteiger partial charge in [-0.1, -0.05) is 48.5 Å². The van der Waals surface area contributed by atoms with Gasteiger partial charge in [-0.25, -0.2) is 4.98 Å². The van der Waals surface area contributed by atoms with Crippen LogP contribution in [0.25, 0.3) is 21.8 Å². The molecule has 2 N–H and O–H groups in total. The van der Waals surface area contributed by atoms with Gasteiger partial charge in [-0.15, -0.1) is 0 Å². The molecule has 39 heavy (non-hydrogen) atoms. The van der Waals surface area contributed by atoms with Gasteiger partial charge in [0.25, 0.3) is 5.69 Å². The molecule has 4 aromatic rings. The number of imidazole rings is 1. The smallest absolute Gasteiger partial charge is 0.295 e. The molecule has 1 fully saturated rings. The van der Waals surface area contributed by atoms with E-state index in [-0.39, 0.29) is 34.9 Å². The number of nitrogens with zero attached hydrogens (tertiary/aromatic N) is 4. The zero-order valence-corrected chi connectivity index (χ0v) is 22.3. The number of hydrogen-bond donors (Lipinski definition) is 1. The predicted octanol–water partition coefficient (Wildman–Crippen LogP) is 4.80. The minimum absolute atomic E-state index is 0.00559. The number of fused-ring (bicyclic) bond motifs is 2. The lowest BCUT2D eigenvalue weighted by Gasteiger charge is -2.33. The van der Waals surface area contributed by atoms with Crippen molar-refractivity contribution in [3.05, 3.63) is 82.2 Å². The fourth-order valence-corrected chi connectivity index (χ4v) is 5.75. The standard InChI is InChI=1S/C30H35N5O4/c1-39-16-6-15-34-29-26(10-4-11-27(29)35(37)38)32-30(34)24-9-5-14-33(20-24)28(36)19-25(31)18-21-12-13-22-7-2-3-8-23(22)17-21/h2-4,7-8,10-13,17,24-25H,5-6,9,14-16,18-20,31H2,1H3/t24-,25-/m1/s1. The van der Waals surface area contributed by atoms with Gasteiger partial charge in [0.05, 0.1) is 10.4 Å². The third kappa shape index (κ3) is 5.94. The molecule has 0 unspecified atom stereocenters. The normalized spacial score (nSPS) is 16.6. The number of nitro groups is 1. The number of ether oxygens (including phenoxy) is 1. The van der Waals surface area contributed by atoms with Crippen LogP contribution in [-0.2, 0) is 22.5 Å². The highest BCUT2D eigenvalue weighted by Gasteiger charge is 2.31. The number of carbonyl (C=O) groups excluding carboxylic acids is 1. The van der Waals surface area contributed by atoms with Gasteiger partial charge >= 0.3 is 0 Å². The largest absolute Gasteiger partial charge is 0.385 e. The Hall–Kier alpha value is -3.82. The second-order valence-electron chi connectivity index (χ2n) is 10.4. The first-order valence-corrected chi connectivity index (χ1v) is 13.6. The number of nitrogens with two attached hydrogens (primary N) is 1. The third-order valence-corrected chi connectivity index (χ3v) is 7.59. The van der Waals surface area contributed by atoms with Crippen molar-refractivity contribution < 1.29 is 14.5 Å². The number of carbonyl (C=O) groups is 1. The summed E-state index contributed by atoms with van der Waals surface area (Å²) in [5.74, 6) is 0.836. The highest BCUT2D eigenvalue weighted by molar-refractivity contribution is 5.86. The molecule has 9 heteroatoms. The van der Waals surface area contributed by atoms with Crippen molar-refractivity contribution in [2.45, 2.75) is 50.6 Å². The first kappa shape index (κ1) is 26.8. The number of likely N-dealkylation sites (tertiary alicyclic amines) is 1. The van der Waals surface area contributed by atoms with Crippen LogP contribution in [0.1, 0.15) is 43.0 Å². The molecule has 0 aliphatic carbocycles. The maximum atomic E-state index is 13.3. The van der Waals surface area contributed by atoms with Crippen molar-refractivity contribution in [2.75, 3.05) is 26.8 Å². The van der Waals surface area contributed by atoms with Gasteiger partial charge in [0, 0.05) is 57.8 Å². The molecule has 2 heterocycles. The van der Waals surface area contributed by atoms with Crippen LogP contribution in [-0.4, -0.2) is 58.1 Å². The van der Waals surface area contributed by atoms with Gasteiger partial charge in [-0.3, -0.25) is 14.9 Å². The van der Waals surface area contributed by atoms with Crippen molar-refractivity contribution in [1.29, 1.82) is 0 Å². The lowest BCUT2D eigenvalue weighted by Crippen LogP contribution is -2.42. The lowest BCUT2D eigenvalue weighted by atomic mass is 9.95. The van der Waals surface area contributed by atoms with Crippen molar-refractivity contribution in [1.82, 2.24) is 14.5 Å². The van der Waals surface area contributed by atoms with E-state index in [1.165, 1.54) is 16.8 Å². The fraction of sp³-hybridized carbons (Fsp3) is 0.400. The van der Waals surface area contributed by atoms with Gasteiger partial charge in [-0.2, -0.15) is 0 Å². The number of hydrogen-bond acceptors (Lipinski definition) is 6. The van der Waals surface area contributed by atoms with Gasteiger partial charge < -0.3 is 19.9 Å². The van der Waals surface area contributed by atoms with E-state index in [1.807, 2.05) is 27.7 Å². The number of non-ortho nitro benzene ring substituents is 1. The summed E-state index contributed by atoms with van der Waals surface area (Å²) < 4.78 is 7.20. The zero-order chi connectivity index (χ0) is 27.4. The summed E-state index contributed by atoms with van der Waals surface area (Å²) in [6.45, 7) is 2.32. The Morgan fingerprint density at radius 2 is 2.00 bits per heavy atom. The van der Waals surface area contributed by atoms with E-state index >= 15 is 0 Å². The Bertz CT molecular complexity index is 1480. The third-order valence-electron chi connectivity index (χ3n) is 7.59. The number of piperidine rings is 1. The summed E-state index contributed by atoms with van der Waals surface area (Å²) in [4.78, 5) is 31.5. The van der Waals surface area contributed by atoms with Crippen LogP contribution < -0.4 is 5.73 Å². The number of benzene rings is 3. The molecule has 9 nitrogen and oxygen atoms in total. The first-order chi connectivity index (χ1) is 18.9. The van der Waals surface area contributed by atoms with Gasteiger partial charge in [-0.05, 0) is 48.1 Å². The number of rotatable bonds is 10. The SMILES string of the molecule is COCCCn1c([C@@H]2CCCN(C(=O)C[C@H](N)Cc3ccc4ccccc4c3)C2)nc2cccc([N+](=O)[O-])c21. The quantitative estimate of drug-likeness (QED) is 0.179. The summed E-state index contributed by atoms with van der Waals surface area (Å²) in [5.41, 5.74) is 8.77. The second-order valence-corrected chi connectivity index (χ2v) is 10.4. The molecule has 0 radical (unpaired) electrons. The minimum Gasteiger partial charge on any atom is -0.385 e. The van der Waals surface area contributed by atoms with Crippen LogP contribution >= 0.6 is 0 Å². The lowest BCUT2D eigenvalue weighted by molar-refractivity contribution is -0.383. The van der Waals surface area contributed by atoms with Gasteiger partial charge in [0.1, 0.15) is 11.3 Å². The molecule has 0 saturated carbocycles. The van der Waals surface area contributed by atoms with Crippen LogP contribution in [0.4, 0.5) is 5.69 Å². The van der Waals surface area contributed by atoms with Crippen LogP contribution in [0.3, 0.4) is 0 Å². The summed E-state index contributed by atoms with van der Waals surface area (Å²) in [7, 11) is 1.64. The fourth-order valence-electron chi connectivity index (χ4n) is 5.75. The van der Waals surface area contributed by atoms with Crippen LogP contribution in [0.15, 0.2) is 60.7 Å². The highest BCUT2D eigenvalue weighted by Crippen LogP contribution is 2.33. The van der Waals surface area contributed by atoms with E-state index in [0.717, 1.165) is 24.2 Å². The minimum atomic E-state index is -0.353. The van der Waals surface area contributed by atoms with E-state index in [0.29, 0.717) is 50.1 Å². The Labute approximate surface area is 227 Å². The van der Waals surface area contributed by atoms with Crippen LogP contribution in [0, 0.1) is 10.1 Å². The first-order valence-electron chi connectivity index (χ1n) is 13.6. The average Bonchev–Trinajstić information content (AvgIpc) is 3.31. The number of nitro benzene ring substituents is 1. The number of para-hydroxylation sites is 1. The van der Waals surface area contributed by atoms with Crippen molar-refractivity contribution in [3.8, 4) is 0 Å². The predicted molar refractivity (Wildman–Crippen MR) is 152 cm³/mol. The van der Waals surface area contributed by atoms with Crippen LogP contribution in [0.5, 0.6) is 0 Å². The van der Waals surface area contributed by atoms with Gasteiger partial charge in [0.2, 0.25) is 5.91 Å². The maximum absolute atomic E-state index is 13.3. The molecule has 1 amide bonds. The molecule has 1 aromatic heterocycles. The summed E-state index contributed by atoms with van der Waals surface area (Å²) in [6, 6.07) is 19.3. The molecule has 1 aliphatic heterocycles. The van der Waals surface area contributed by atoms with Crippen LogP contribution in [0.2, 0.25) is 0 Å². The molecule has 1 saturated heterocycles. The Morgan fingerprint density at radius 3 is 2.79 bits per heavy atom. The van der Waals surface area contributed by atoms with E-state index < -0.39 is 0 Å². The van der Waals surface area contributed by atoms with Crippen molar-refractivity contribution in [3.63, 3.8) is 0 Å². The summed E-state index contributed by atoms with van der Waals surface area (Å²) in [6.07, 6.45) is 3.33. The monoisotopic (exact) mass is 529 g/mol. The average molecular weight is 530 g/mol. The molecule has 5 rings (SSSR count). The Balaban J connectivity index is 1.31. The second kappa shape index (κ2) is 11.9.